The number of fused-ring (bicyclic) bond motifs is 1. The van der Waals surface area contributed by atoms with Gasteiger partial charge in [0.05, 0.1) is 24.6 Å². The molecule has 0 radical (unpaired) electrons. The Bertz CT molecular complexity index is 2090. The minimum Gasteiger partial charge on any atom is -0.464 e. The summed E-state index contributed by atoms with van der Waals surface area (Å²) >= 11 is 0. The number of esters is 1. The number of ether oxygens (including phenoxy) is 1. The standard InChI is InChI=1S/C38H38N6O6/c1-50-37(48)32-22-27(12-17-39-32)34(45)42-18-13-29(31(23-42)26-8-4-2-5-9-26)35(46)41-20-15-38(49,16-21-41)24-43-25-40-33-30(36(43)47)14-19-44(33)28-10-6-3-7-11-28/h2-12,14,17,19,22,25,29,31,49H,13,15-16,18,20-21,23-24H2,1H3/t29-,31+/m1/s1. The van der Waals surface area contributed by atoms with Crippen LogP contribution in [0.25, 0.3) is 16.7 Å². The molecule has 5 heterocycles. The van der Waals surface area contributed by atoms with Gasteiger partial charge in [-0.15, -0.1) is 0 Å². The molecule has 3 aromatic heterocycles. The molecule has 2 saturated heterocycles. The number of hydrogen-bond donors (Lipinski definition) is 1. The average molecular weight is 675 g/mol. The summed E-state index contributed by atoms with van der Waals surface area (Å²) in [6.07, 6.45) is 5.81. The summed E-state index contributed by atoms with van der Waals surface area (Å²) in [5.74, 6) is -1.48. The molecule has 2 atom stereocenters. The lowest BCUT2D eigenvalue weighted by Crippen LogP contribution is -2.53. The molecule has 0 spiro atoms. The largest absolute Gasteiger partial charge is 0.464 e. The van der Waals surface area contributed by atoms with Gasteiger partial charge in [-0.3, -0.25) is 19.0 Å². The van der Waals surface area contributed by atoms with E-state index >= 15 is 0 Å². The first-order valence-corrected chi connectivity index (χ1v) is 16.8. The molecule has 5 aromatic rings. The molecule has 2 fully saturated rings. The molecule has 12 nitrogen and oxygen atoms in total. The van der Waals surface area contributed by atoms with E-state index in [0.717, 1.165) is 11.3 Å². The molecule has 256 valence electrons. The highest BCUT2D eigenvalue weighted by molar-refractivity contribution is 5.97. The molecule has 0 bridgehead atoms. The maximum absolute atomic E-state index is 14.1. The van der Waals surface area contributed by atoms with Crippen LogP contribution in [0.5, 0.6) is 0 Å². The Morgan fingerprint density at radius 2 is 1.64 bits per heavy atom. The van der Waals surface area contributed by atoms with Gasteiger partial charge in [-0.2, -0.15) is 0 Å². The monoisotopic (exact) mass is 674 g/mol. The van der Waals surface area contributed by atoms with Crippen LogP contribution in [0.15, 0.2) is 102 Å². The Kier molecular flexibility index (Phi) is 9.02. The summed E-state index contributed by atoms with van der Waals surface area (Å²) in [6, 6.07) is 24.1. The van der Waals surface area contributed by atoms with Gasteiger partial charge in [0, 0.05) is 61.7 Å². The van der Waals surface area contributed by atoms with Crippen LogP contribution in [0.2, 0.25) is 0 Å². The van der Waals surface area contributed by atoms with E-state index in [2.05, 4.69) is 9.97 Å². The van der Waals surface area contributed by atoms with Gasteiger partial charge in [-0.25, -0.2) is 14.8 Å². The summed E-state index contributed by atoms with van der Waals surface area (Å²) in [7, 11) is 1.26. The highest BCUT2D eigenvalue weighted by Gasteiger charge is 2.42. The number of piperidine rings is 2. The zero-order valence-electron chi connectivity index (χ0n) is 27.7. The van der Waals surface area contributed by atoms with E-state index in [0.29, 0.717) is 62.0 Å². The van der Waals surface area contributed by atoms with Crippen LogP contribution in [0.1, 0.15) is 51.6 Å². The Labute approximate surface area is 288 Å². The van der Waals surface area contributed by atoms with Gasteiger partial charge >= 0.3 is 5.97 Å². The van der Waals surface area contributed by atoms with Crippen LogP contribution >= 0.6 is 0 Å². The van der Waals surface area contributed by atoms with Crippen LogP contribution in [0.3, 0.4) is 0 Å². The number of likely N-dealkylation sites (tertiary alicyclic amines) is 2. The second-order valence-electron chi connectivity index (χ2n) is 13.1. The summed E-state index contributed by atoms with van der Waals surface area (Å²) in [5.41, 5.74) is 1.39. The highest BCUT2D eigenvalue weighted by atomic mass is 16.5. The number of para-hydroxylation sites is 1. The number of hydrogen-bond acceptors (Lipinski definition) is 8. The Morgan fingerprint density at radius 1 is 0.920 bits per heavy atom. The quantitative estimate of drug-likeness (QED) is 0.258. The smallest absolute Gasteiger partial charge is 0.356 e. The van der Waals surface area contributed by atoms with Crippen molar-refractivity contribution >= 4 is 28.8 Å². The van der Waals surface area contributed by atoms with Gasteiger partial charge < -0.3 is 24.2 Å². The first-order chi connectivity index (χ1) is 24.2. The molecule has 0 aliphatic carbocycles. The van der Waals surface area contributed by atoms with E-state index in [9.17, 15) is 24.3 Å². The van der Waals surface area contributed by atoms with E-state index in [4.69, 9.17) is 4.74 Å². The molecule has 2 aromatic carbocycles. The predicted octanol–water partition coefficient (Wildman–Crippen LogP) is 3.67. The summed E-state index contributed by atoms with van der Waals surface area (Å²) in [4.78, 5) is 65.3. The predicted molar refractivity (Wildman–Crippen MR) is 185 cm³/mol. The first kappa shape index (κ1) is 32.9. The average Bonchev–Trinajstić information content (AvgIpc) is 3.61. The molecule has 50 heavy (non-hydrogen) atoms. The van der Waals surface area contributed by atoms with Crippen molar-refractivity contribution in [3.8, 4) is 5.69 Å². The van der Waals surface area contributed by atoms with Crippen molar-refractivity contribution in [3.63, 3.8) is 0 Å². The third-order valence-corrected chi connectivity index (χ3v) is 10.0. The second kappa shape index (κ2) is 13.7. The van der Waals surface area contributed by atoms with Crippen LogP contribution in [-0.2, 0) is 16.1 Å². The number of amides is 2. The lowest BCUT2D eigenvalue weighted by atomic mass is 9.79. The van der Waals surface area contributed by atoms with Gasteiger partial charge in [0.25, 0.3) is 11.5 Å². The molecule has 0 saturated carbocycles. The number of benzene rings is 2. The van der Waals surface area contributed by atoms with E-state index in [-0.39, 0.29) is 41.4 Å². The lowest BCUT2D eigenvalue weighted by molar-refractivity contribution is -0.142. The van der Waals surface area contributed by atoms with E-state index in [1.165, 1.54) is 30.3 Å². The van der Waals surface area contributed by atoms with Gasteiger partial charge in [-0.05, 0) is 55.2 Å². The van der Waals surface area contributed by atoms with Crippen molar-refractivity contribution in [3.05, 3.63) is 125 Å². The normalized spacial score (nSPS) is 18.9. The minimum atomic E-state index is -1.18. The number of aromatic nitrogens is 4. The number of nitrogens with zero attached hydrogens (tertiary/aromatic N) is 6. The Hall–Kier alpha value is -5.62. The maximum atomic E-state index is 14.1. The van der Waals surface area contributed by atoms with Crippen LogP contribution in [0, 0.1) is 5.92 Å². The van der Waals surface area contributed by atoms with Gasteiger partial charge in [0.1, 0.15) is 12.0 Å². The Balaban J connectivity index is 1.04. The molecular weight excluding hydrogens is 636 g/mol. The van der Waals surface area contributed by atoms with Crippen molar-refractivity contribution in [2.24, 2.45) is 5.92 Å². The van der Waals surface area contributed by atoms with Gasteiger partial charge in [-0.1, -0.05) is 48.5 Å². The first-order valence-electron chi connectivity index (χ1n) is 16.8. The lowest BCUT2D eigenvalue weighted by Gasteiger charge is -2.43. The second-order valence-corrected chi connectivity index (χ2v) is 13.1. The molecule has 0 unspecified atom stereocenters. The van der Waals surface area contributed by atoms with Crippen molar-refractivity contribution in [2.75, 3.05) is 33.3 Å². The molecule has 2 aliphatic rings. The fourth-order valence-electron chi connectivity index (χ4n) is 7.25. The minimum absolute atomic E-state index is 0.00704. The van der Waals surface area contributed by atoms with Crippen molar-refractivity contribution < 1.29 is 24.2 Å². The summed E-state index contributed by atoms with van der Waals surface area (Å²) < 4.78 is 8.09. The summed E-state index contributed by atoms with van der Waals surface area (Å²) in [6.45, 7) is 1.47. The number of aliphatic hydroxyl groups is 1. The summed E-state index contributed by atoms with van der Waals surface area (Å²) in [5, 5.41) is 12.1. The van der Waals surface area contributed by atoms with Gasteiger partial charge in [0.2, 0.25) is 5.91 Å². The topological polar surface area (TPSA) is 140 Å². The number of rotatable bonds is 7. The fourth-order valence-corrected chi connectivity index (χ4v) is 7.25. The molecule has 7 rings (SSSR count). The van der Waals surface area contributed by atoms with Crippen molar-refractivity contribution in [1.82, 2.24) is 28.9 Å². The third-order valence-electron chi connectivity index (χ3n) is 10.0. The van der Waals surface area contributed by atoms with E-state index < -0.39 is 11.6 Å². The molecular formula is C38H38N6O6. The third kappa shape index (κ3) is 6.41. The van der Waals surface area contributed by atoms with Crippen molar-refractivity contribution in [2.45, 2.75) is 37.3 Å². The Morgan fingerprint density at radius 3 is 2.36 bits per heavy atom. The number of carbonyl (C=O) groups excluding carboxylic acids is 3. The van der Waals surface area contributed by atoms with Crippen LogP contribution in [-0.4, -0.2) is 90.7 Å². The van der Waals surface area contributed by atoms with Crippen molar-refractivity contribution in [1.29, 1.82) is 0 Å². The van der Waals surface area contributed by atoms with Crippen LogP contribution in [0.4, 0.5) is 0 Å². The molecule has 2 aliphatic heterocycles. The SMILES string of the molecule is COC(=O)c1cc(C(=O)N2CC[C@@H](C(=O)N3CCC(O)(Cn4cnc5c(ccn5-c5ccccc5)c4=O)CC3)[C@H](c3ccccc3)C2)ccn1. The number of methoxy groups -OCH3 is 1. The fraction of sp³-hybridized carbons (Fsp3) is 0.316. The number of pyridine rings is 1. The van der Waals surface area contributed by atoms with E-state index in [1.54, 1.807) is 17.0 Å². The molecule has 12 heteroatoms. The maximum Gasteiger partial charge on any atom is 0.356 e. The van der Waals surface area contributed by atoms with Gasteiger partial charge in [0.15, 0.2) is 5.65 Å². The molecule has 2 amide bonds. The zero-order valence-corrected chi connectivity index (χ0v) is 27.7. The zero-order chi connectivity index (χ0) is 34.8. The van der Waals surface area contributed by atoms with Crippen LogP contribution < -0.4 is 5.56 Å². The number of carbonyl (C=O) groups is 3. The molecule has 1 N–H and O–H groups in total. The highest BCUT2D eigenvalue weighted by Crippen LogP contribution is 2.36. The van der Waals surface area contributed by atoms with E-state index in [1.807, 2.05) is 76.3 Å².